The molecule has 8 heteroatoms. The van der Waals surface area contributed by atoms with E-state index in [-0.39, 0.29) is 0 Å². The lowest BCUT2D eigenvalue weighted by molar-refractivity contribution is 0.416. The summed E-state index contributed by atoms with van der Waals surface area (Å²) in [7, 11) is 1.62. The smallest absolute Gasteiger partial charge is 0.209 e. The monoisotopic (exact) mass is 414 g/mol. The first-order chi connectivity index (χ1) is 13.2. The summed E-state index contributed by atoms with van der Waals surface area (Å²) in [6.07, 6.45) is 0. The predicted molar refractivity (Wildman–Crippen MR) is 110 cm³/mol. The van der Waals surface area contributed by atoms with Crippen molar-refractivity contribution in [2.24, 2.45) is 0 Å². The first kappa shape index (κ1) is 18.0. The highest BCUT2D eigenvalue weighted by Crippen LogP contribution is 2.32. The Labute approximate surface area is 169 Å². The molecular formula is C19H15ClN4OS2. The van der Waals surface area contributed by atoms with Crippen molar-refractivity contribution in [1.82, 2.24) is 20.2 Å². The molecule has 0 aliphatic rings. The average molecular weight is 415 g/mol. The average Bonchev–Trinajstić information content (AvgIpc) is 3.37. The molecule has 0 spiro atoms. The van der Waals surface area contributed by atoms with Crippen molar-refractivity contribution in [3.63, 3.8) is 0 Å². The van der Waals surface area contributed by atoms with Gasteiger partial charge in [-0.05, 0) is 18.2 Å². The Hall–Kier alpha value is -2.35. The molecule has 2 aromatic carbocycles. The lowest BCUT2D eigenvalue weighted by Gasteiger charge is -2.05. The van der Waals surface area contributed by atoms with Crippen molar-refractivity contribution in [2.75, 3.05) is 7.11 Å². The molecule has 0 aliphatic heterocycles. The fourth-order valence-electron chi connectivity index (χ4n) is 2.52. The number of nitrogens with zero attached hydrogens (tertiary/aromatic N) is 3. The topological polar surface area (TPSA) is 63.7 Å². The van der Waals surface area contributed by atoms with Gasteiger partial charge in [-0.15, -0.1) is 16.4 Å². The van der Waals surface area contributed by atoms with E-state index in [1.165, 1.54) is 11.8 Å². The number of aromatic amines is 1. The van der Waals surface area contributed by atoms with E-state index in [9.17, 15) is 0 Å². The molecule has 0 saturated heterocycles. The van der Waals surface area contributed by atoms with Crippen LogP contribution in [0.5, 0.6) is 5.75 Å². The molecule has 0 unspecified atom stereocenters. The maximum Gasteiger partial charge on any atom is 0.209 e. The van der Waals surface area contributed by atoms with Crippen molar-refractivity contribution >= 4 is 34.7 Å². The highest BCUT2D eigenvalue weighted by molar-refractivity contribution is 7.98. The van der Waals surface area contributed by atoms with Gasteiger partial charge in [0, 0.05) is 21.7 Å². The van der Waals surface area contributed by atoms with Gasteiger partial charge in [-0.25, -0.2) is 9.97 Å². The second-order valence-corrected chi connectivity index (χ2v) is 7.85. The van der Waals surface area contributed by atoms with Crippen LogP contribution >= 0.6 is 34.7 Å². The maximum atomic E-state index is 6.09. The third-order valence-corrected chi connectivity index (χ3v) is 5.86. The van der Waals surface area contributed by atoms with E-state index in [0.29, 0.717) is 27.5 Å². The van der Waals surface area contributed by atoms with Crippen molar-refractivity contribution in [3.8, 4) is 27.7 Å². The molecule has 136 valence electrons. The van der Waals surface area contributed by atoms with Gasteiger partial charge in [-0.3, -0.25) is 5.10 Å². The van der Waals surface area contributed by atoms with Gasteiger partial charge in [-0.2, -0.15) is 0 Å². The Bertz CT molecular complexity index is 1050. The highest BCUT2D eigenvalue weighted by atomic mass is 35.5. The highest BCUT2D eigenvalue weighted by Gasteiger charge is 2.13. The summed E-state index contributed by atoms with van der Waals surface area (Å²) in [5.41, 5.74) is 2.92. The Balaban J connectivity index is 1.46. The number of rotatable bonds is 6. The summed E-state index contributed by atoms with van der Waals surface area (Å²) >= 11 is 9.27. The van der Waals surface area contributed by atoms with E-state index < -0.39 is 0 Å². The first-order valence-corrected chi connectivity index (χ1v) is 10.4. The molecule has 0 bridgehead atoms. The van der Waals surface area contributed by atoms with E-state index in [1.807, 2.05) is 30.3 Å². The van der Waals surface area contributed by atoms with Gasteiger partial charge in [-0.1, -0.05) is 53.7 Å². The standard InChI is InChI=1S/C19H15ClN4OS2/c1-25-16-8-7-13(20)9-15(16)17-22-19(24-23-17)27-11-14-10-26-18(21-14)12-5-3-2-4-6-12/h2-10H,11H2,1H3,(H,22,23,24). The second-order valence-electron chi connectivity index (χ2n) is 5.61. The number of hydrogen-bond acceptors (Lipinski definition) is 6. The third kappa shape index (κ3) is 4.16. The molecule has 2 heterocycles. The van der Waals surface area contributed by atoms with E-state index in [1.54, 1.807) is 24.5 Å². The van der Waals surface area contributed by atoms with Gasteiger partial charge in [0.25, 0.3) is 0 Å². The molecule has 5 nitrogen and oxygen atoms in total. The lowest BCUT2D eigenvalue weighted by Crippen LogP contribution is -1.89. The molecule has 4 aromatic rings. The number of H-pyrrole nitrogens is 1. The van der Waals surface area contributed by atoms with Crippen LogP contribution in [-0.4, -0.2) is 27.3 Å². The van der Waals surface area contributed by atoms with Gasteiger partial charge >= 0.3 is 0 Å². The SMILES string of the molecule is COc1ccc(Cl)cc1-c1nc(SCc2csc(-c3ccccc3)n2)n[nH]1. The van der Waals surface area contributed by atoms with Crippen molar-refractivity contribution < 1.29 is 4.74 Å². The second kappa shape index (κ2) is 8.12. The van der Waals surface area contributed by atoms with E-state index in [2.05, 4.69) is 32.7 Å². The van der Waals surface area contributed by atoms with Crippen LogP contribution in [-0.2, 0) is 5.75 Å². The third-order valence-electron chi connectivity index (χ3n) is 3.80. The van der Waals surface area contributed by atoms with E-state index >= 15 is 0 Å². The zero-order valence-corrected chi connectivity index (χ0v) is 16.7. The lowest BCUT2D eigenvalue weighted by atomic mass is 10.2. The molecule has 0 saturated carbocycles. The molecule has 2 aromatic heterocycles. The van der Waals surface area contributed by atoms with Gasteiger partial charge in [0.1, 0.15) is 10.8 Å². The summed E-state index contributed by atoms with van der Waals surface area (Å²) in [5, 5.41) is 11.6. The zero-order valence-electron chi connectivity index (χ0n) is 14.3. The zero-order chi connectivity index (χ0) is 18.6. The van der Waals surface area contributed by atoms with E-state index in [0.717, 1.165) is 21.8 Å². The van der Waals surface area contributed by atoms with Crippen molar-refractivity contribution in [3.05, 3.63) is 64.6 Å². The summed E-state index contributed by atoms with van der Waals surface area (Å²) in [4.78, 5) is 9.24. The van der Waals surface area contributed by atoms with Crippen molar-refractivity contribution in [1.29, 1.82) is 0 Å². The fourth-order valence-corrected chi connectivity index (χ4v) is 4.32. The van der Waals surface area contributed by atoms with Crippen LogP contribution < -0.4 is 4.74 Å². The molecule has 4 rings (SSSR count). The molecule has 27 heavy (non-hydrogen) atoms. The molecule has 0 radical (unpaired) electrons. The number of thiazole rings is 1. The normalized spacial score (nSPS) is 10.9. The summed E-state index contributed by atoms with van der Waals surface area (Å²) in [6.45, 7) is 0. The summed E-state index contributed by atoms with van der Waals surface area (Å²) < 4.78 is 5.38. The van der Waals surface area contributed by atoms with Crippen LogP contribution in [0.4, 0.5) is 0 Å². The largest absolute Gasteiger partial charge is 0.496 e. The number of aromatic nitrogens is 4. The molecular weight excluding hydrogens is 400 g/mol. The van der Waals surface area contributed by atoms with Crippen molar-refractivity contribution in [2.45, 2.75) is 10.9 Å². The number of methoxy groups -OCH3 is 1. The van der Waals surface area contributed by atoms with Crippen LogP contribution in [0.2, 0.25) is 5.02 Å². The van der Waals surface area contributed by atoms with E-state index in [4.69, 9.17) is 21.3 Å². The van der Waals surface area contributed by atoms with Gasteiger partial charge in [0.05, 0.1) is 18.4 Å². The number of hydrogen-bond donors (Lipinski definition) is 1. The van der Waals surface area contributed by atoms with Crippen LogP contribution in [0.1, 0.15) is 5.69 Å². The molecule has 0 fully saturated rings. The Morgan fingerprint density at radius 1 is 1.15 bits per heavy atom. The maximum absolute atomic E-state index is 6.09. The van der Waals surface area contributed by atoms with Gasteiger partial charge in [0.15, 0.2) is 5.82 Å². The number of halogens is 1. The fraction of sp³-hybridized carbons (Fsp3) is 0.105. The number of thioether (sulfide) groups is 1. The van der Waals surface area contributed by atoms with Crippen LogP contribution in [0.25, 0.3) is 22.0 Å². The number of benzene rings is 2. The Morgan fingerprint density at radius 3 is 2.81 bits per heavy atom. The molecule has 0 atom stereocenters. The minimum Gasteiger partial charge on any atom is -0.496 e. The summed E-state index contributed by atoms with van der Waals surface area (Å²) in [5.74, 6) is 2.02. The Kier molecular flexibility index (Phi) is 5.42. The molecule has 0 aliphatic carbocycles. The molecule has 1 N–H and O–H groups in total. The quantitative estimate of drug-likeness (QED) is 0.419. The van der Waals surface area contributed by atoms with Gasteiger partial charge < -0.3 is 4.74 Å². The van der Waals surface area contributed by atoms with Gasteiger partial charge in [0.2, 0.25) is 5.16 Å². The predicted octanol–water partition coefficient (Wildman–Crippen LogP) is 5.55. The summed E-state index contributed by atoms with van der Waals surface area (Å²) in [6, 6.07) is 15.6. The Morgan fingerprint density at radius 2 is 2.00 bits per heavy atom. The minimum absolute atomic E-state index is 0.618. The first-order valence-electron chi connectivity index (χ1n) is 8.12. The number of ether oxygens (including phenoxy) is 1. The minimum atomic E-state index is 0.618. The van der Waals surface area contributed by atoms with Crippen LogP contribution in [0.3, 0.4) is 0 Å². The molecule has 0 amide bonds. The van der Waals surface area contributed by atoms with Crippen LogP contribution in [0.15, 0.2) is 59.1 Å². The number of nitrogens with one attached hydrogen (secondary N) is 1. The van der Waals surface area contributed by atoms with Crippen LogP contribution in [0, 0.1) is 0 Å².